The second-order valence-corrected chi connectivity index (χ2v) is 3.05. The van der Waals surface area contributed by atoms with Crippen molar-refractivity contribution in [1.29, 1.82) is 0 Å². The number of carbonyl (C=O) groups excluding carboxylic acids is 1. The summed E-state index contributed by atoms with van der Waals surface area (Å²) in [4.78, 5) is 13.3. The van der Waals surface area contributed by atoms with Gasteiger partial charge in [0.1, 0.15) is 11.3 Å². The number of para-hydroxylation sites is 1. The Morgan fingerprint density at radius 3 is 3.00 bits per heavy atom. The van der Waals surface area contributed by atoms with Gasteiger partial charge in [0, 0.05) is 10.3 Å². The number of amides is 1. The molecule has 0 radical (unpaired) electrons. The molecule has 0 fully saturated rings. The molecule has 0 saturated carbocycles. The van der Waals surface area contributed by atoms with Gasteiger partial charge in [0.05, 0.1) is 0 Å². The second kappa shape index (κ2) is 4.33. The van der Waals surface area contributed by atoms with E-state index in [2.05, 4.69) is 10.0 Å². The summed E-state index contributed by atoms with van der Waals surface area (Å²) in [5, 5.41) is 3.86. The lowest BCUT2D eigenvalue weighted by molar-refractivity contribution is -0.113. The summed E-state index contributed by atoms with van der Waals surface area (Å²) in [7, 11) is 0. The van der Waals surface area contributed by atoms with Crippen molar-refractivity contribution in [2.75, 3.05) is 0 Å². The highest BCUT2D eigenvalue weighted by Crippen LogP contribution is 2.19. The van der Waals surface area contributed by atoms with Crippen molar-refractivity contribution in [1.82, 2.24) is 0 Å². The Morgan fingerprint density at radius 2 is 2.25 bits per heavy atom. The molecule has 2 aromatic rings. The molecular formula is C11H7N3O2. The highest BCUT2D eigenvalue weighted by molar-refractivity contribution is 5.92. The molecule has 0 atom stereocenters. The number of fused-ring (bicyclic) bond motifs is 1. The number of hydrogen-bond acceptors (Lipinski definition) is 2. The molecule has 1 heterocycles. The van der Waals surface area contributed by atoms with Crippen LogP contribution < -0.4 is 0 Å². The quantitative estimate of drug-likeness (QED) is 0.332. The largest absolute Gasteiger partial charge is 0.457 e. The maximum atomic E-state index is 10.9. The molecule has 2 rings (SSSR count). The topological polar surface area (TPSA) is 79.0 Å². The first-order valence-electron chi connectivity index (χ1n) is 4.55. The predicted molar refractivity (Wildman–Crippen MR) is 59.4 cm³/mol. The van der Waals surface area contributed by atoms with Crippen molar-refractivity contribution in [3.05, 3.63) is 52.6 Å². The Morgan fingerprint density at radius 1 is 1.44 bits per heavy atom. The Hall–Kier alpha value is -2.52. The summed E-state index contributed by atoms with van der Waals surface area (Å²) >= 11 is 0. The van der Waals surface area contributed by atoms with Crippen molar-refractivity contribution in [3.63, 3.8) is 0 Å². The van der Waals surface area contributed by atoms with Crippen molar-refractivity contribution < 1.29 is 9.21 Å². The Labute approximate surface area is 90.6 Å². The number of carbonyl (C=O) groups is 1. The molecule has 1 aromatic carbocycles. The molecule has 0 N–H and O–H groups in total. The van der Waals surface area contributed by atoms with E-state index in [4.69, 9.17) is 9.95 Å². The fourth-order valence-electron chi connectivity index (χ4n) is 1.32. The summed E-state index contributed by atoms with van der Waals surface area (Å²) in [6.07, 6.45) is 2.63. The van der Waals surface area contributed by atoms with Gasteiger partial charge in [-0.1, -0.05) is 18.2 Å². The van der Waals surface area contributed by atoms with Crippen LogP contribution in [0.4, 0.5) is 0 Å². The third-order valence-electron chi connectivity index (χ3n) is 1.98. The molecule has 1 amide bonds. The minimum atomic E-state index is -0.650. The third kappa shape index (κ3) is 2.10. The lowest BCUT2D eigenvalue weighted by Crippen LogP contribution is -1.81. The molecule has 78 valence electrons. The normalized spacial score (nSPS) is 10.5. The third-order valence-corrected chi connectivity index (χ3v) is 1.98. The van der Waals surface area contributed by atoms with Gasteiger partial charge in [-0.05, 0) is 34.9 Å². The van der Waals surface area contributed by atoms with Crippen LogP contribution in [0.15, 0.2) is 45.9 Å². The summed E-state index contributed by atoms with van der Waals surface area (Å²) in [6.45, 7) is 0. The van der Waals surface area contributed by atoms with Crippen LogP contribution in [0.3, 0.4) is 0 Å². The molecule has 5 heteroatoms. The molecule has 16 heavy (non-hydrogen) atoms. The first kappa shape index (κ1) is 10.0. The maximum absolute atomic E-state index is 10.9. The van der Waals surface area contributed by atoms with E-state index < -0.39 is 5.91 Å². The molecule has 0 saturated heterocycles. The van der Waals surface area contributed by atoms with Crippen molar-refractivity contribution in [2.24, 2.45) is 5.11 Å². The second-order valence-electron chi connectivity index (χ2n) is 3.05. The van der Waals surface area contributed by atoms with Crippen LogP contribution in [0.1, 0.15) is 5.76 Å². The van der Waals surface area contributed by atoms with Crippen molar-refractivity contribution in [2.45, 2.75) is 0 Å². The molecule has 0 bridgehead atoms. The highest BCUT2D eigenvalue weighted by Gasteiger charge is 1.99. The van der Waals surface area contributed by atoms with Crippen LogP contribution in [0, 0.1) is 0 Å². The first-order valence-corrected chi connectivity index (χ1v) is 4.55. The van der Waals surface area contributed by atoms with Crippen molar-refractivity contribution in [3.8, 4) is 0 Å². The van der Waals surface area contributed by atoms with E-state index in [0.717, 1.165) is 17.0 Å². The van der Waals surface area contributed by atoms with E-state index in [1.807, 2.05) is 24.3 Å². The number of azide groups is 1. The van der Waals surface area contributed by atoms with Crippen LogP contribution in [-0.2, 0) is 4.79 Å². The fourth-order valence-corrected chi connectivity index (χ4v) is 1.32. The van der Waals surface area contributed by atoms with E-state index in [1.54, 1.807) is 6.07 Å². The zero-order valence-corrected chi connectivity index (χ0v) is 8.20. The Kier molecular flexibility index (Phi) is 2.71. The summed E-state index contributed by atoms with van der Waals surface area (Å²) in [5.41, 5.74) is 8.78. The van der Waals surface area contributed by atoms with Crippen LogP contribution >= 0.6 is 0 Å². The number of benzene rings is 1. The van der Waals surface area contributed by atoms with E-state index >= 15 is 0 Å². The molecular weight excluding hydrogens is 206 g/mol. The number of hydrogen-bond donors (Lipinski definition) is 0. The van der Waals surface area contributed by atoms with E-state index in [9.17, 15) is 4.79 Å². The Bertz CT molecular complexity index is 573. The van der Waals surface area contributed by atoms with E-state index in [-0.39, 0.29) is 0 Å². The van der Waals surface area contributed by atoms with Crippen molar-refractivity contribution >= 4 is 23.0 Å². The molecule has 0 aliphatic heterocycles. The van der Waals surface area contributed by atoms with Gasteiger partial charge in [-0.3, -0.25) is 4.79 Å². The minimum Gasteiger partial charge on any atom is -0.457 e. The number of rotatable bonds is 2. The van der Waals surface area contributed by atoms with Crippen LogP contribution in [0.25, 0.3) is 27.5 Å². The molecule has 0 unspecified atom stereocenters. The minimum absolute atomic E-state index is 0.544. The predicted octanol–water partition coefficient (Wildman–Crippen LogP) is 3.28. The lowest BCUT2D eigenvalue weighted by atomic mass is 10.2. The molecule has 0 aliphatic carbocycles. The monoisotopic (exact) mass is 213 g/mol. The first-order chi connectivity index (χ1) is 7.79. The maximum Gasteiger partial charge on any atom is 0.242 e. The molecule has 5 nitrogen and oxygen atoms in total. The van der Waals surface area contributed by atoms with Gasteiger partial charge in [-0.2, -0.15) is 0 Å². The van der Waals surface area contributed by atoms with Gasteiger partial charge in [0.15, 0.2) is 0 Å². The lowest BCUT2D eigenvalue weighted by Gasteiger charge is -1.83. The molecule has 0 aliphatic rings. The van der Waals surface area contributed by atoms with E-state index in [0.29, 0.717) is 5.76 Å². The highest BCUT2D eigenvalue weighted by atomic mass is 16.3. The van der Waals surface area contributed by atoms with Crippen LogP contribution in [0.5, 0.6) is 0 Å². The zero-order chi connectivity index (χ0) is 11.4. The van der Waals surface area contributed by atoms with Gasteiger partial charge in [-0.15, -0.1) is 0 Å². The van der Waals surface area contributed by atoms with Gasteiger partial charge < -0.3 is 4.42 Å². The standard InChI is InChI=1S/C11H7N3O2/c12-14-13-11(15)6-5-9-7-8-3-1-2-4-10(8)16-9/h1-7H. The fraction of sp³-hybridized carbons (Fsp3) is 0. The summed E-state index contributed by atoms with van der Waals surface area (Å²) in [6, 6.07) is 9.31. The van der Waals surface area contributed by atoms with E-state index in [1.165, 1.54) is 6.08 Å². The summed E-state index contributed by atoms with van der Waals surface area (Å²) in [5.74, 6) is -0.106. The smallest absolute Gasteiger partial charge is 0.242 e. The average Bonchev–Trinajstić information content (AvgIpc) is 2.69. The van der Waals surface area contributed by atoms with Crippen LogP contribution in [0.2, 0.25) is 0 Å². The number of furan rings is 1. The van der Waals surface area contributed by atoms with Crippen LogP contribution in [-0.4, -0.2) is 5.91 Å². The Balaban J connectivity index is 2.28. The van der Waals surface area contributed by atoms with Gasteiger partial charge in [0.2, 0.25) is 5.91 Å². The van der Waals surface area contributed by atoms with Gasteiger partial charge >= 0.3 is 0 Å². The molecule has 1 aromatic heterocycles. The van der Waals surface area contributed by atoms with Gasteiger partial charge in [0.25, 0.3) is 0 Å². The molecule has 0 spiro atoms. The average molecular weight is 213 g/mol. The van der Waals surface area contributed by atoms with Gasteiger partial charge in [-0.25, -0.2) is 0 Å². The summed E-state index contributed by atoms with van der Waals surface area (Å²) < 4.78 is 5.42. The number of nitrogens with zero attached hydrogens (tertiary/aromatic N) is 3. The zero-order valence-electron chi connectivity index (χ0n) is 8.20. The SMILES string of the molecule is [N-]=[N+]=NC(=O)C=Cc1cc2ccccc2o1.